The van der Waals surface area contributed by atoms with Gasteiger partial charge in [-0.2, -0.15) is 0 Å². The molecule has 1 fully saturated rings. The molecule has 1 unspecified atom stereocenters. The molecule has 2 aromatic heterocycles. The number of carbonyl (C=O) groups is 1. The molecule has 0 aliphatic carbocycles. The Hall–Kier alpha value is -2.95. The second kappa shape index (κ2) is 8.66. The Labute approximate surface area is 184 Å². The molecular weight excluding hydrogens is 384 g/mol. The molecular formula is C26H30N4O. The standard InChI is InChI=1S/C26H30N4O/c1-19-11-13-20(14-12-19)25-28-24(23-10-3-2-5-16-29(23)25)26(31)30-17-6-4-9-22(30)21-8-7-15-27-18-21/h7-8,11-15,18,22H,2-6,9-10,16-17H2,1H3. The van der Waals surface area contributed by atoms with Crippen molar-refractivity contribution < 1.29 is 4.79 Å². The molecule has 3 aromatic rings. The molecule has 1 atom stereocenters. The zero-order chi connectivity index (χ0) is 21.2. The monoisotopic (exact) mass is 414 g/mol. The summed E-state index contributed by atoms with van der Waals surface area (Å²) in [5.41, 5.74) is 5.23. The number of amides is 1. The summed E-state index contributed by atoms with van der Waals surface area (Å²) in [6, 6.07) is 12.6. The van der Waals surface area contributed by atoms with Crippen LogP contribution in [0.25, 0.3) is 11.4 Å². The van der Waals surface area contributed by atoms with E-state index in [9.17, 15) is 4.79 Å². The maximum Gasteiger partial charge on any atom is 0.274 e. The van der Waals surface area contributed by atoms with Gasteiger partial charge in [-0.3, -0.25) is 9.78 Å². The summed E-state index contributed by atoms with van der Waals surface area (Å²) >= 11 is 0. The number of hydrogen-bond donors (Lipinski definition) is 0. The van der Waals surface area contributed by atoms with Crippen LogP contribution in [0, 0.1) is 6.92 Å². The van der Waals surface area contributed by atoms with Crippen LogP contribution in [0.2, 0.25) is 0 Å². The average Bonchev–Trinajstić information content (AvgIpc) is 3.00. The molecule has 2 aliphatic heterocycles. The van der Waals surface area contributed by atoms with Crippen LogP contribution in [0.3, 0.4) is 0 Å². The maximum atomic E-state index is 13.9. The Morgan fingerprint density at radius 2 is 1.84 bits per heavy atom. The Bertz CT molecular complexity index is 1060. The van der Waals surface area contributed by atoms with Gasteiger partial charge in [-0.25, -0.2) is 4.98 Å². The van der Waals surface area contributed by atoms with Crippen molar-refractivity contribution >= 4 is 5.91 Å². The molecule has 0 N–H and O–H groups in total. The zero-order valence-corrected chi connectivity index (χ0v) is 18.3. The van der Waals surface area contributed by atoms with Crippen molar-refractivity contribution in [3.05, 3.63) is 71.3 Å². The van der Waals surface area contributed by atoms with Gasteiger partial charge in [0.15, 0.2) is 0 Å². The third-order valence-corrected chi connectivity index (χ3v) is 6.71. The van der Waals surface area contributed by atoms with E-state index < -0.39 is 0 Å². The average molecular weight is 415 g/mol. The number of fused-ring (bicyclic) bond motifs is 1. The molecule has 5 rings (SSSR count). The molecule has 0 bridgehead atoms. The Kier molecular flexibility index (Phi) is 5.58. The number of imidazole rings is 1. The predicted molar refractivity (Wildman–Crippen MR) is 122 cm³/mol. The lowest BCUT2D eigenvalue weighted by molar-refractivity contribution is 0.0604. The molecule has 5 heteroatoms. The molecule has 5 nitrogen and oxygen atoms in total. The van der Waals surface area contributed by atoms with E-state index in [4.69, 9.17) is 4.98 Å². The minimum absolute atomic E-state index is 0.0811. The van der Waals surface area contributed by atoms with Crippen LogP contribution in [0.15, 0.2) is 48.8 Å². The zero-order valence-electron chi connectivity index (χ0n) is 18.3. The summed E-state index contributed by atoms with van der Waals surface area (Å²) in [7, 11) is 0. The number of likely N-dealkylation sites (tertiary alicyclic amines) is 1. The van der Waals surface area contributed by atoms with Crippen LogP contribution in [0.4, 0.5) is 0 Å². The molecule has 1 aromatic carbocycles. The third-order valence-electron chi connectivity index (χ3n) is 6.71. The van der Waals surface area contributed by atoms with Crippen molar-refractivity contribution in [2.75, 3.05) is 6.54 Å². The lowest BCUT2D eigenvalue weighted by Gasteiger charge is -2.35. The van der Waals surface area contributed by atoms with E-state index in [0.29, 0.717) is 5.69 Å². The fraction of sp³-hybridized carbons (Fsp3) is 0.423. The van der Waals surface area contributed by atoms with Crippen molar-refractivity contribution in [2.45, 2.75) is 64.5 Å². The molecule has 160 valence electrons. The van der Waals surface area contributed by atoms with Crippen molar-refractivity contribution in [3.63, 3.8) is 0 Å². The number of carbonyl (C=O) groups excluding carboxylic acids is 1. The second-order valence-electron chi connectivity index (χ2n) is 8.86. The summed E-state index contributed by atoms with van der Waals surface area (Å²) in [6.45, 7) is 3.81. The van der Waals surface area contributed by atoms with Gasteiger partial charge in [-0.05, 0) is 57.1 Å². The number of nitrogens with zero attached hydrogens (tertiary/aromatic N) is 4. The number of pyridine rings is 1. The van der Waals surface area contributed by atoms with E-state index in [-0.39, 0.29) is 11.9 Å². The molecule has 1 saturated heterocycles. The molecule has 4 heterocycles. The highest BCUT2D eigenvalue weighted by Crippen LogP contribution is 2.34. The quantitative estimate of drug-likeness (QED) is 0.581. The van der Waals surface area contributed by atoms with E-state index in [1.165, 1.54) is 12.0 Å². The maximum absolute atomic E-state index is 13.9. The van der Waals surface area contributed by atoms with Crippen molar-refractivity contribution in [2.24, 2.45) is 0 Å². The lowest BCUT2D eigenvalue weighted by atomic mass is 9.96. The largest absolute Gasteiger partial charge is 0.330 e. The summed E-state index contributed by atoms with van der Waals surface area (Å²) in [5.74, 6) is 1.02. The summed E-state index contributed by atoms with van der Waals surface area (Å²) in [5, 5.41) is 0. The molecule has 31 heavy (non-hydrogen) atoms. The van der Waals surface area contributed by atoms with Gasteiger partial charge in [0, 0.05) is 31.0 Å². The topological polar surface area (TPSA) is 51.0 Å². The first-order valence-corrected chi connectivity index (χ1v) is 11.6. The van der Waals surface area contributed by atoms with Gasteiger partial charge >= 0.3 is 0 Å². The molecule has 1 amide bonds. The van der Waals surface area contributed by atoms with E-state index in [2.05, 4.69) is 46.8 Å². The first-order valence-electron chi connectivity index (χ1n) is 11.6. The van der Waals surface area contributed by atoms with Crippen molar-refractivity contribution in [1.29, 1.82) is 0 Å². The van der Waals surface area contributed by atoms with Crippen molar-refractivity contribution in [1.82, 2.24) is 19.4 Å². The first-order chi connectivity index (χ1) is 15.2. The lowest BCUT2D eigenvalue weighted by Crippen LogP contribution is -2.39. The number of aryl methyl sites for hydroxylation is 1. The smallest absolute Gasteiger partial charge is 0.274 e. The number of aromatic nitrogens is 3. The van der Waals surface area contributed by atoms with Crippen LogP contribution in [-0.2, 0) is 13.0 Å². The second-order valence-corrected chi connectivity index (χ2v) is 8.86. The Morgan fingerprint density at radius 3 is 2.65 bits per heavy atom. The van der Waals surface area contributed by atoms with Crippen LogP contribution < -0.4 is 0 Å². The minimum atomic E-state index is 0.0811. The summed E-state index contributed by atoms with van der Waals surface area (Å²) in [6.07, 6.45) is 11.2. The first kappa shape index (κ1) is 20.0. The van der Waals surface area contributed by atoms with Gasteiger partial charge in [0.05, 0.1) is 11.7 Å². The highest BCUT2D eigenvalue weighted by molar-refractivity contribution is 5.94. The van der Waals surface area contributed by atoms with Gasteiger partial charge < -0.3 is 9.47 Å². The normalized spacial score (nSPS) is 19.0. The van der Waals surface area contributed by atoms with Crippen LogP contribution in [0.1, 0.15) is 71.9 Å². The Morgan fingerprint density at radius 1 is 1.00 bits per heavy atom. The van der Waals surface area contributed by atoms with E-state index in [1.54, 1.807) is 6.20 Å². The highest BCUT2D eigenvalue weighted by atomic mass is 16.2. The van der Waals surface area contributed by atoms with Gasteiger partial charge in [0.2, 0.25) is 0 Å². The number of piperidine rings is 1. The third kappa shape index (κ3) is 3.89. The van der Waals surface area contributed by atoms with E-state index in [1.807, 2.05) is 17.2 Å². The SMILES string of the molecule is Cc1ccc(-c2nc(C(=O)N3CCCCC3c3cccnc3)c3n2CCCCC3)cc1. The fourth-order valence-electron chi connectivity index (χ4n) is 5.04. The van der Waals surface area contributed by atoms with Gasteiger partial charge in [-0.1, -0.05) is 42.3 Å². The van der Waals surface area contributed by atoms with Gasteiger partial charge in [0.25, 0.3) is 5.91 Å². The number of hydrogen-bond acceptors (Lipinski definition) is 3. The molecule has 0 saturated carbocycles. The number of rotatable bonds is 3. The Balaban J connectivity index is 1.56. The fourth-order valence-corrected chi connectivity index (χ4v) is 5.04. The molecule has 0 radical (unpaired) electrons. The molecule has 0 spiro atoms. The van der Waals surface area contributed by atoms with Crippen molar-refractivity contribution in [3.8, 4) is 11.4 Å². The minimum Gasteiger partial charge on any atom is -0.330 e. The summed E-state index contributed by atoms with van der Waals surface area (Å²) < 4.78 is 2.31. The van der Waals surface area contributed by atoms with Gasteiger partial charge in [0.1, 0.15) is 11.5 Å². The molecule has 2 aliphatic rings. The predicted octanol–water partition coefficient (Wildman–Crippen LogP) is 5.35. The summed E-state index contributed by atoms with van der Waals surface area (Å²) in [4.78, 5) is 25.2. The van der Waals surface area contributed by atoms with Crippen LogP contribution >= 0.6 is 0 Å². The highest BCUT2D eigenvalue weighted by Gasteiger charge is 2.33. The van der Waals surface area contributed by atoms with E-state index in [0.717, 1.165) is 74.3 Å². The van der Waals surface area contributed by atoms with E-state index >= 15 is 0 Å². The van der Waals surface area contributed by atoms with Crippen LogP contribution in [-0.4, -0.2) is 31.9 Å². The van der Waals surface area contributed by atoms with Crippen LogP contribution in [0.5, 0.6) is 0 Å². The van der Waals surface area contributed by atoms with Gasteiger partial charge in [-0.15, -0.1) is 0 Å². The number of benzene rings is 1.